The monoisotopic (exact) mass is 250 g/mol. The van der Waals surface area contributed by atoms with Gasteiger partial charge >= 0.3 is 0 Å². The first-order chi connectivity index (χ1) is 8.55. The lowest BCUT2D eigenvalue weighted by molar-refractivity contribution is -0.886. The number of nitrogens with one attached hydrogen (secondary N) is 2. The van der Waals surface area contributed by atoms with Crippen molar-refractivity contribution in [2.75, 3.05) is 44.8 Å². The number of hydrogen-bond acceptors (Lipinski definition) is 3. The van der Waals surface area contributed by atoms with E-state index in [1.807, 2.05) is 24.3 Å². The first-order valence-corrected chi connectivity index (χ1v) is 6.23. The van der Waals surface area contributed by atoms with Gasteiger partial charge in [-0.3, -0.25) is 5.10 Å². The predicted molar refractivity (Wildman–Crippen MR) is 76.6 cm³/mol. The highest BCUT2D eigenvalue weighted by molar-refractivity contribution is 5.58. The van der Waals surface area contributed by atoms with Crippen LogP contribution in [0.1, 0.15) is 6.92 Å². The van der Waals surface area contributed by atoms with Crippen molar-refractivity contribution in [3.63, 3.8) is 0 Å². The topological polar surface area (TPSA) is 66.7 Å². The summed E-state index contributed by atoms with van der Waals surface area (Å²) in [6.45, 7) is 5.14. The summed E-state index contributed by atoms with van der Waals surface area (Å²) >= 11 is 0. The molecule has 0 fully saturated rings. The standard InChI is InChI=1S/C13H24N5/c1-4-18(2,3)11-10-15-13-12(14)8-6-5-7-9-16-17-13/h5-9,16H,4,10-11,14H2,1-3H3,(H,15,17)/q+1. The maximum absolute atomic E-state index is 5.94. The zero-order chi connectivity index (χ0) is 13.4. The lowest BCUT2D eigenvalue weighted by Gasteiger charge is -2.28. The van der Waals surface area contributed by atoms with Gasteiger partial charge in [-0.25, -0.2) is 0 Å². The zero-order valence-corrected chi connectivity index (χ0v) is 11.5. The molecular weight excluding hydrogens is 226 g/mol. The molecule has 5 nitrogen and oxygen atoms in total. The van der Waals surface area contributed by atoms with Crippen molar-refractivity contribution in [2.45, 2.75) is 6.92 Å². The molecule has 0 amide bonds. The van der Waals surface area contributed by atoms with Crippen LogP contribution in [-0.2, 0) is 0 Å². The number of nitrogen functional groups attached to an aromatic ring is 1. The number of rotatable bonds is 5. The Morgan fingerprint density at radius 3 is 2.83 bits per heavy atom. The van der Waals surface area contributed by atoms with Crippen LogP contribution in [0.2, 0.25) is 0 Å². The minimum absolute atomic E-state index is 0.629. The second-order valence-electron chi connectivity index (χ2n) is 4.86. The molecule has 1 aromatic heterocycles. The van der Waals surface area contributed by atoms with Crippen molar-refractivity contribution in [1.29, 1.82) is 0 Å². The minimum atomic E-state index is 0.629. The van der Waals surface area contributed by atoms with Gasteiger partial charge in [0, 0.05) is 6.20 Å². The van der Waals surface area contributed by atoms with E-state index in [2.05, 4.69) is 36.5 Å². The Morgan fingerprint density at radius 2 is 2.11 bits per heavy atom. The van der Waals surface area contributed by atoms with E-state index in [1.54, 1.807) is 6.20 Å². The molecular formula is C13H24N5+. The molecule has 4 N–H and O–H groups in total. The fourth-order valence-electron chi connectivity index (χ4n) is 1.34. The fourth-order valence-corrected chi connectivity index (χ4v) is 1.34. The molecule has 0 unspecified atom stereocenters. The second-order valence-corrected chi connectivity index (χ2v) is 4.86. The Balaban J connectivity index is 2.71. The molecule has 0 aliphatic heterocycles. The summed E-state index contributed by atoms with van der Waals surface area (Å²) in [5.41, 5.74) is 6.57. The smallest absolute Gasteiger partial charge is 0.169 e. The normalized spacial score (nSPS) is 10.8. The Bertz CT molecular complexity index is 410. The summed E-state index contributed by atoms with van der Waals surface area (Å²) in [6, 6.07) is 7.49. The number of nitrogens with zero attached hydrogens (tertiary/aromatic N) is 2. The van der Waals surface area contributed by atoms with Crippen molar-refractivity contribution in [3.05, 3.63) is 30.5 Å². The highest BCUT2D eigenvalue weighted by Gasteiger charge is 2.10. The molecule has 1 heterocycles. The van der Waals surface area contributed by atoms with Crippen LogP contribution in [-0.4, -0.2) is 48.4 Å². The second kappa shape index (κ2) is 6.86. The SMILES string of the molecule is CC[N+](C)(C)CCNc1n[nH]cccccc1N. The van der Waals surface area contributed by atoms with E-state index in [9.17, 15) is 0 Å². The van der Waals surface area contributed by atoms with Crippen molar-refractivity contribution in [2.24, 2.45) is 0 Å². The van der Waals surface area contributed by atoms with Crippen LogP contribution in [0.3, 0.4) is 0 Å². The summed E-state index contributed by atoms with van der Waals surface area (Å²) in [5.74, 6) is 0.683. The van der Waals surface area contributed by atoms with Gasteiger partial charge in [-0.1, -0.05) is 12.1 Å². The van der Waals surface area contributed by atoms with Gasteiger partial charge in [0.25, 0.3) is 0 Å². The summed E-state index contributed by atoms with van der Waals surface area (Å²) < 4.78 is 0.969. The minimum Gasteiger partial charge on any atom is -0.396 e. The van der Waals surface area contributed by atoms with Gasteiger partial charge in [-0.15, -0.1) is 0 Å². The van der Waals surface area contributed by atoms with Crippen LogP contribution in [0.25, 0.3) is 0 Å². The molecule has 0 saturated carbocycles. The van der Waals surface area contributed by atoms with E-state index < -0.39 is 0 Å². The van der Waals surface area contributed by atoms with Gasteiger partial charge in [0.1, 0.15) is 0 Å². The van der Waals surface area contributed by atoms with Gasteiger partial charge in [-0.05, 0) is 19.1 Å². The van der Waals surface area contributed by atoms with Gasteiger partial charge in [0.2, 0.25) is 0 Å². The van der Waals surface area contributed by atoms with Crippen molar-refractivity contribution < 1.29 is 4.48 Å². The first kappa shape index (κ1) is 14.3. The Morgan fingerprint density at radius 1 is 1.33 bits per heavy atom. The van der Waals surface area contributed by atoms with Crippen LogP contribution in [0.15, 0.2) is 30.5 Å². The fraction of sp³-hybridized carbons (Fsp3) is 0.462. The Kier molecular flexibility index (Phi) is 5.45. The molecule has 0 saturated heterocycles. The number of nitrogens with two attached hydrogens (primary N) is 1. The van der Waals surface area contributed by atoms with Crippen molar-refractivity contribution in [3.8, 4) is 0 Å². The number of likely N-dealkylation sites (N-methyl/N-ethyl adjacent to an activating group) is 1. The number of anilines is 2. The maximum Gasteiger partial charge on any atom is 0.169 e. The molecule has 0 radical (unpaired) electrons. The molecule has 18 heavy (non-hydrogen) atoms. The summed E-state index contributed by atoms with van der Waals surface area (Å²) in [7, 11) is 4.41. The molecule has 1 aromatic rings. The van der Waals surface area contributed by atoms with E-state index in [1.165, 1.54) is 0 Å². The number of hydrogen-bond donors (Lipinski definition) is 3. The predicted octanol–water partition coefficient (Wildman–Crippen LogP) is 1.62. The quantitative estimate of drug-likeness (QED) is 0.696. The third kappa shape index (κ3) is 5.05. The molecule has 0 atom stereocenters. The third-order valence-corrected chi connectivity index (χ3v) is 2.98. The lowest BCUT2D eigenvalue weighted by atomic mass is 10.4. The average Bonchev–Trinajstić information content (AvgIpc) is 2.43. The molecule has 0 aliphatic carbocycles. The zero-order valence-electron chi connectivity index (χ0n) is 11.5. The van der Waals surface area contributed by atoms with Crippen LogP contribution in [0.5, 0.6) is 0 Å². The number of quaternary nitrogens is 1. The largest absolute Gasteiger partial charge is 0.396 e. The molecule has 0 bridgehead atoms. The molecule has 0 aromatic carbocycles. The highest BCUT2D eigenvalue weighted by Crippen LogP contribution is 2.10. The molecule has 5 heteroatoms. The van der Waals surface area contributed by atoms with Crippen LogP contribution in [0, 0.1) is 0 Å². The van der Waals surface area contributed by atoms with E-state index in [-0.39, 0.29) is 0 Å². The molecule has 0 aliphatic rings. The van der Waals surface area contributed by atoms with Gasteiger partial charge in [0.15, 0.2) is 5.82 Å². The molecule has 0 spiro atoms. The van der Waals surface area contributed by atoms with E-state index in [4.69, 9.17) is 5.73 Å². The summed E-state index contributed by atoms with van der Waals surface area (Å²) in [4.78, 5) is 0. The van der Waals surface area contributed by atoms with Crippen molar-refractivity contribution in [1.82, 2.24) is 10.2 Å². The van der Waals surface area contributed by atoms with Crippen LogP contribution < -0.4 is 11.1 Å². The maximum atomic E-state index is 5.94. The van der Waals surface area contributed by atoms with E-state index in [0.29, 0.717) is 11.5 Å². The third-order valence-electron chi connectivity index (χ3n) is 2.98. The number of H-pyrrole nitrogens is 1. The number of aromatic amines is 1. The van der Waals surface area contributed by atoms with Crippen LogP contribution >= 0.6 is 0 Å². The van der Waals surface area contributed by atoms with Gasteiger partial charge in [0.05, 0.1) is 39.4 Å². The number of aromatic nitrogens is 2. The van der Waals surface area contributed by atoms with Crippen molar-refractivity contribution >= 4 is 11.5 Å². The molecule has 1 rings (SSSR count). The highest BCUT2D eigenvalue weighted by atomic mass is 15.3. The van der Waals surface area contributed by atoms with Gasteiger partial charge < -0.3 is 15.5 Å². The Labute approximate surface area is 109 Å². The van der Waals surface area contributed by atoms with Gasteiger partial charge in [-0.2, -0.15) is 5.10 Å². The molecule has 100 valence electrons. The van der Waals surface area contributed by atoms with E-state index in [0.717, 1.165) is 24.1 Å². The average molecular weight is 250 g/mol. The first-order valence-electron chi connectivity index (χ1n) is 6.23. The van der Waals surface area contributed by atoms with E-state index >= 15 is 0 Å². The lowest BCUT2D eigenvalue weighted by Crippen LogP contribution is -2.42. The summed E-state index contributed by atoms with van der Waals surface area (Å²) in [6.07, 6.45) is 1.76. The Hall–Kier alpha value is -1.75. The summed E-state index contributed by atoms with van der Waals surface area (Å²) in [5, 5.41) is 10.3. The van der Waals surface area contributed by atoms with Crippen LogP contribution in [0.4, 0.5) is 11.5 Å².